The summed E-state index contributed by atoms with van der Waals surface area (Å²) in [6, 6.07) is 20.5. The molecule has 8 nitrogen and oxygen atoms in total. The Hall–Kier alpha value is -3.37. The van der Waals surface area contributed by atoms with Crippen molar-refractivity contribution in [1.82, 2.24) is 0 Å². The number of amides is 1. The van der Waals surface area contributed by atoms with Crippen LogP contribution >= 0.6 is 0 Å². The number of anilines is 3. The van der Waals surface area contributed by atoms with E-state index in [-0.39, 0.29) is 16.2 Å². The van der Waals surface area contributed by atoms with Crippen molar-refractivity contribution in [2.45, 2.75) is 11.8 Å². The Morgan fingerprint density at radius 3 is 1.94 bits per heavy atom. The molecule has 0 aromatic heterocycles. The summed E-state index contributed by atoms with van der Waals surface area (Å²) in [6.07, 6.45) is 0. The lowest BCUT2D eigenvalue weighted by Gasteiger charge is -2.19. The highest BCUT2D eigenvalue weighted by atomic mass is 32.2. The highest BCUT2D eigenvalue weighted by Gasteiger charge is 2.21. The monoisotopic (exact) mass is 473 g/mol. The Labute approximate surface area is 188 Å². The van der Waals surface area contributed by atoms with E-state index in [1.807, 2.05) is 0 Å². The van der Waals surface area contributed by atoms with Gasteiger partial charge in [-0.15, -0.1) is 0 Å². The van der Waals surface area contributed by atoms with Crippen molar-refractivity contribution in [2.75, 3.05) is 27.1 Å². The standard InChI is InChI=1S/C22H23N3O5S2/c1-3-31(27,28)24-19-13-11-18(12-14-19)23-22(26)17-9-15-21(16-10-17)32(29,30)25(2)20-7-5-4-6-8-20/h4-16,24H,3H2,1-2H3,(H,23,26). The van der Waals surface area contributed by atoms with E-state index in [1.54, 1.807) is 42.5 Å². The van der Waals surface area contributed by atoms with E-state index >= 15 is 0 Å². The summed E-state index contributed by atoms with van der Waals surface area (Å²) in [5, 5.41) is 2.69. The quantitative estimate of drug-likeness (QED) is 0.520. The van der Waals surface area contributed by atoms with Gasteiger partial charge < -0.3 is 5.32 Å². The summed E-state index contributed by atoms with van der Waals surface area (Å²) in [5.74, 6) is -0.467. The van der Waals surface area contributed by atoms with Gasteiger partial charge in [0.15, 0.2) is 0 Å². The van der Waals surface area contributed by atoms with Gasteiger partial charge in [0.1, 0.15) is 0 Å². The predicted octanol–water partition coefficient (Wildman–Crippen LogP) is 3.53. The van der Waals surface area contributed by atoms with Crippen LogP contribution in [0.1, 0.15) is 17.3 Å². The van der Waals surface area contributed by atoms with E-state index in [0.717, 1.165) is 0 Å². The summed E-state index contributed by atoms with van der Waals surface area (Å²) in [6.45, 7) is 1.53. The van der Waals surface area contributed by atoms with Crippen LogP contribution in [0, 0.1) is 0 Å². The lowest BCUT2D eigenvalue weighted by molar-refractivity contribution is 0.102. The number of sulfonamides is 2. The minimum atomic E-state index is -3.77. The van der Waals surface area contributed by atoms with Crippen LogP contribution in [-0.4, -0.2) is 35.5 Å². The third kappa shape index (κ3) is 5.45. The van der Waals surface area contributed by atoms with Crippen LogP contribution in [0.25, 0.3) is 0 Å². The normalized spacial score (nSPS) is 11.6. The average Bonchev–Trinajstić information content (AvgIpc) is 2.80. The zero-order valence-electron chi connectivity index (χ0n) is 17.5. The molecule has 0 heterocycles. The van der Waals surface area contributed by atoms with Gasteiger partial charge in [-0.1, -0.05) is 18.2 Å². The van der Waals surface area contributed by atoms with E-state index in [1.165, 1.54) is 54.7 Å². The second kappa shape index (κ2) is 9.41. The van der Waals surface area contributed by atoms with E-state index in [2.05, 4.69) is 10.0 Å². The van der Waals surface area contributed by atoms with Gasteiger partial charge >= 0.3 is 0 Å². The summed E-state index contributed by atoms with van der Waals surface area (Å²) < 4.78 is 52.5. The first-order valence-electron chi connectivity index (χ1n) is 9.68. The first-order chi connectivity index (χ1) is 15.1. The Bertz CT molecular complexity index is 1290. The topological polar surface area (TPSA) is 113 Å². The minimum Gasteiger partial charge on any atom is -0.322 e. The van der Waals surface area contributed by atoms with E-state index in [0.29, 0.717) is 17.1 Å². The molecule has 0 aliphatic heterocycles. The molecule has 168 valence electrons. The fourth-order valence-electron chi connectivity index (χ4n) is 2.79. The molecule has 1 amide bonds. The third-order valence-corrected chi connectivity index (χ3v) is 7.80. The van der Waals surface area contributed by atoms with Crippen molar-refractivity contribution < 1.29 is 21.6 Å². The fourth-order valence-corrected chi connectivity index (χ4v) is 4.62. The maximum absolute atomic E-state index is 12.8. The second-order valence-corrected chi connectivity index (χ2v) is 10.8. The predicted molar refractivity (Wildman–Crippen MR) is 126 cm³/mol. The molecule has 0 fully saturated rings. The molecule has 0 aliphatic carbocycles. The van der Waals surface area contributed by atoms with Crippen LogP contribution in [0.5, 0.6) is 0 Å². The van der Waals surface area contributed by atoms with Gasteiger partial charge in [0.25, 0.3) is 15.9 Å². The van der Waals surface area contributed by atoms with Crippen molar-refractivity contribution in [3.63, 3.8) is 0 Å². The number of carbonyl (C=O) groups is 1. The van der Waals surface area contributed by atoms with Gasteiger partial charge in [-0.3, -0.25) is 13.8 Å². The van der Waals surface area contributed by atoms with Gasteiger partial charge in [-0.2, -0.15) is 0 Å². The number of rotatable bonds is 8. The molecule has 3 aromatic rings. The van der Waals surface area contributed by atoms with Gasteiger partial charge in [0.2, 0.25) is 10.0 Å². The van der Waals surface area contributed by atoms with Gasteiger partial charge in [0, 0.05) is 24.0 Å². The molecule has 0 saturated heterocycles. The zero-order valence-corrected chi connectivity index (χ0v) is 19.2. The Balaban J connectivity index is 1.70. The number of para-hydroxylation sites is 1. The van der Waals surface area contributed by atoms with E-state index in [9.17, 15) is 21.6 Å². The van der Waals surface area contributed by atoms with Crippen molar-refractivity contribution in [1.29, 1.82) is 0 Å². The Kier molecular flexibility index (Phi) is 6.85. The average molecular weight is 474 g/mol. The summed E-state index contributed by atoms with van der Waals surface area (Å²) >= 11 is 0. The van der Waals surface area contributed by atoms with Crippen LogP contribution in [0.15, 0.2) is 83.8 Å². The molecular formula is C22H23N3O5S2. The van der Waals surface area contributed by atoms with Crippen LogP contribution in [0.4, 0.5) is 17.1 Å². The molecule has 10 heteroatoms. The number of carbonyl (C=O) groups excluding carboxylic acids is 1. The molecule has 3 rings (SSSR count). The maximum Gasteiger partial charge on any atom is 0.264 e. The number of benzene rings is 3. The highest BCUT2D eigenvalue weighted by Crippen LogP contribution is 2.22. The largest absolute Gasteiger partial charge is 0.322 e. The van der Waals surface area contributed by atoms with Crippen LogP contribution in [0.2, 0.25) is 0 Å². The minimum absolute atomic E-state index is 0.0433. The number of hydrogen-bond acceptors (Lipinski definition) is 5. The van der Waals surface area contributed by atoms with Crippen molar-refractivity contribution in [2.24, 2.45) is 0 Å². The van der Waals surface area contributed by atoms with Crippen LogP contribution in [0.3, 0.4) is 0 Å². The van der Waals surface area contributed by atoms with Gasteiger partial charge in [0.05, 0.1) is 16.3 Å². The van der Waals surface area contributed by atoms with E-state index in [4.69, 9.17) is 0 Å². The molecule has 0 atom stereocenters. The van der Waals surface area contributed by atoms with Crippen LogP contribution in [-0.2, 0) is 20.0 Å². The molecule has 0 spiro atoms. The first-order valence-corrected chi connectivity index (χ1v) is 12.8. The maximum atomic E-state index is 12.8. The molecule has 3 aromatic carbocycles. The smallest absolute Gasteiger partial charge is 0.264 e. The summed E-state index contributed by atoms with van der Waals surface area (Å²) in [5.41, 5.74) is 1.66. The lowest BCUT2D eigenvalue weighted by Crippen LogP contribution is -2.26. The van der Waals surface area contributed by atoms with E-state index < -0.39 is 26.0 Å². The number of hydrogen-bond donors (Lipinski definition) is 2. The van der Waals surface area contributed by atoms with Gasteiger partial charge in [-0.05, 0) is 67.6 Å². The van der Waals surface area contributed by atoms with Crippen molar-refractivity contribution in [3.8, 4) is 0 Å². The molecule has 0 radical (unpaired) electrons. The van der Waals surface area contributed by atoms with Crippen LogP contribution < -0.4 is 14.3 Å². The molecule has 0 saturated carbocycles. The highest BCUT2D eigenvalue weighted by molar-refractivity contribution is 7.93. The molecule has 0 unspecified atom stereocenters. The molecule has 0 aliphatic rings. The van der Waals surface area contributed by atoms with Crippen molar-refractivity contribution in [3.05, 3.63) is 84.4 Å². The Morgan fingerprint density at radius 1 is 0.812 bits per heavy atom. The number of nitrogens with one attached hydrogen (secondary N) is 2. The van der Waals surface area contributed by atoms with Crippen molar-refractivity contribution >= 4 is 43.0 Å². The molecular weight excluding hydrogens is 450 g/mol. The summed E-state index contributed by atoms with van der Waals surface area (Å²) in [7, 11) is -5.68. The molecule has 32 heavy (non-hydrogen) atoms. The van der Waals surface area contributed by atoms with Gasteiger partial charge in [-0.25, -0.2) is 16.8 Å². The molecule has 2 N–H and O–H groups in total. The number of nitrogens with zero attached hydrogens (tertiary/aromatic N) is 1. The summed E-state index contributed by atoms with van der Waals surface area (Å²) in [4.78, 5) is 12.6. The SMILES string of the molecule is CCS(=O)(=O)Nc1ccc(NC(=O)c2ccc(S(=O)(=O)N(C)c3ccccc3)cc2)cc1. The third-order valence-electron chi connectivity index (χ3n) is 4.69. The first kappa shape index (κ1) is 23.3. The lowest BCUT2D eigenvalue weighted by atomic mass is 10.2. The Morgan fingerprint density at radius 2 is 1.38 bits per heavy atom. The fraction of sp³-hybridized carbons (Fsp3) is 0.136. The zero-order chi connectivity index (χ0) is 23.4. The second-order valence-electron chi connectivity index (χ2n) is 6.87. The molecule has 0 bridgehead atoms.